The van der Waals surface area contributed by atoms with Gasteiger partial charge in [-0.15, -0.1) is 0 Å². The van der Waals surface area contributed by atoms with Crippen LogP contribution in [0.1, 0.15) is 10.4 Å². The minimum absolute atomic E-state index is 0.402. The van der Waals surface area contributed by atoms with Crippen molar-refractivity contribution in [1.82, 2.24) is 9.97 Å². The Labute approximate surface area is 152 Å². The van der Waals surface area contributed by atoms with Gasteiger partial charge in [0.05, 0.1) is 11.3 Å². The molecule has 1 heterocycles. The van der Waals surface area contributed by atoms with Crippen LogP contribution in [0.15, 0.2) is 64.2 Å². The Morgan fingerprint density at radius 1 is 1.08 bits per heavy atom. The molecule has 24 heavy (non-hydrogen) atoms. The Kier molecular flexibility index (Phi) is 5.27. The third kappa shape index (κ3) is 3.83. The van der Waals surface area contributed by atoms with Crippen molar-refractivity contribution in [2.75, 3.05) is 6.26 Å². The lowest BCUT2D eigenvalue weighted by Gasteiger charge is -2.10. The molecule has 2 aromatic carbocycles. The summed E-state index contributed by atoms with van der Waals surface area (Å²) in [7, 11) is 0. The van der Waals surface area contributed by atoms with Crippen LogP contribution in [-0.4, -0.2) is 22.5 Å². The quantitative estimate of drug-likeness (QED) is 0.333. The van der Waals surface area contributed by atoms with Gasteiger partial charge in [0.15, 0.2) is 11.4 Å². The Morgan fingerprint density at radius 2 is 1.88 bits per heavy atom. The Bertz CT molecular complexity index is 872. The van der Waals surface area contributed by atoms with E-state index in [0.717, 1.165) is 22.0 Å². The number of hydrogen-bond donors (Lipinski definition) is 0. The number of hydrogen-bond acceptors (Lipinski definition) is 5. The van der Waals surface area contributed by atoms with Gasteiger partial charge in [0.25, 0.3) is 0 Å². The molecule has 0 aliphatic heterocycles. The van der Waals surface area contributed by atoms with E-state index in [9.17, 15) is 4.79 Å². The second-order valence-corrected chi connectivity index (χ2v) is 6.54. The van der Waals surface area contributed by atoms with Crippen LogP contribution in [0, 0.1) is 0 Å². The molecule has 0 N–H and O–H groups in total. The molecule has 0 atom stereocenters. The van der Waals surface area contributed by atoms with Crippen molar-refractivity contribution in [3.63, 3.8) is 0 Å². The molecule has 0 unspecified atom stereocenters. The van der Waals surface area contributed by atoms with Gasteiger partial charge in [-0.1, -0.05) is 58.0 Å². The average molecular weight is 401 g/mol. The summed E-state index contributed by atoms with van der Waals surface area (Å²) in [5.74, 6) is 0.858. The molecule has 0 radical (unpaired) electrons. The standard InChI is InChI=1S/C18H13BrN2O2S/c1-24-18-20-15(12-5-3-2-4-6-12)10-17(21-18)23-16-8-7-14(19)9-13(16)11-22/h2-11H,1H3. The van der Waals surface area contributed by atoms with E-state index in [2.05, 4.69) is 25.9 Å². The summed E-state index contributed by atoms with van der Waals surface area (Å²) in [6, 6.07) is 16.8. The first-order valence-electron chi connectivity index (χ1n) is 7.10. The smallest absolute Gasteiger partial charge is 0.223 e. The van der Waals surface area contributed by atoms with Crippen LogP contribution in [0.2, 0.25) is 0 Å². The van der Waals surface area contributed by atoms with E-state index in [1.807, 2.05) is 42.7 Å². The van der Waals surface area contributed by atoms with Gasteiger partial charge in [-0.25, -0.2) is 4.98 Å². The fourth-order valence-corrected chi connectivity index (χ4v) is 2.87. The molecular formula is C18H13BrN2O2S. The number of aldehydes is 1. The third-order valence-electron chi connectivity index (χ3n) is 3.25. The number of benzene rings is 2. The molecule has 3 aromatic rings. The van der Waals surface area contributed by atoms with Crippen molar-refractivity contribution in [2.45, 2.75) is 5.16 Å². The summed E-state index contributed by atoms with van der Waals surface area (Å²) >= 11 is 4.78. The first-order valence-corrected chi connectivity index (χ1v) is 9.12. The summed E-state index contributed by atoms with van der Waals surface area (Å²) in [4.78, 5) is 20.1. The van der Waals surface area contributed by atoms with Crippen molar-refractivity contribution >= 4 is 34.0 Å². The van der Waals surface area contributed by atoms with Crippen LogP contribution in [-0.2, 0) is 0 Å². The molecule has 0 saturated heterocycles. The predicted octanol–water partition coefficient (Wildman–Crippen LogP) is 5.23. The molecule has 3 rings (SSSR count). The first kappa shape index (κ1) is 16.7. The monoisotopic (exact) mass is 400 g/mol. The number of halogens is 1. The summed E-state index contributed by atoms with van der Waals surface area (Å²) in [5, 5.41) is 0.608. The zero-order chi connectivity index (χ0) is 16.9. The zero-order valence-corrected chi connectivity index (χ0v) is 15.2. The molecule has 0 fully saturated rings. The Balaban J connectivity index is 2.01. The lowest BCUT2D eigenvalue weighted by Crippen LogP contribution is -1.97. The third-order valence-corrected chi connectivity index (χ3v) is 4.29. The predicted molar refractivity (Wildman–Crippen MR) is 98.9 cm³/mol. The number of carbonyl (C=O) groups excluding carboxylic acids is 1. The second kappa shape index (κ2) is 7.59. The fraction of sp³-hybridized carbons (Fsp3) is 0.0556. The average Bonchev–Trinajstić information content (AvgIpc) is 2.63. The van der Waals surface area contributed by atoms with Crippen LogP contribution < -0.4 is 4.74 Å². The van der Waals surface area contributed by atoms with Crippen molar-refractivity contribution in [1.29, 1.82) is 0 Å². The number of rotatable bonds is 5. The van der Waals surface area contributed by atoms with Crippen molar-refractivity contribution in [2.24, 2.45) is 0 Å². The molecule has 0 amide bonds. The highest BCUT2D eigenvalue weighted by atomic mass is 79.9. The van der Waals surface area contributed by atoms with Crippen molar-refractivity contribution < 1.29 is 9.53 Å². The topological polar surface area (TPSA) is 52.1 Å². The minimum Gasteiger partial charge on any atom is -0.438 e. The summed E-state index contributed by atoms with van der Waals surface area (Å²) in [6.07, 6.45) is 2.67. The maximum absolute atomic E-state index is 11.2. The van der Waals surface area contributed by atoms with Crippen LogP contribution in [0.4, 0.5) is 0 Å². The van der Waals surface area contributed by atoms with Gasteiger partial charge in [-0.3, -0.25) is 4.79 Å². The van der Waals surface area contributed by atoms with E-state index in [-0.39, 0.29) is 0 Å². The van der Waals surface area contributed by atoms with Gasteiger partial charge >= 0.3 is 0 Å². The largest absolute Gasteiger partial charge is 0.438 e. The molecule has 120 valence electrons. The van der Waals surface area contributed by atoms with Crippen molar-refractivity contribution in [3.05, 3.63) is 64.6 Å². The molecule has 0 saturated carbocycles. The van der Waals surface area contributed by atoms with E-state index < -0.39 is 0 Å². The maximum atomic E-state index is 11.2. The molecule has 4 nitrogen and oxygen atoms in total. The zero-order valence-electron chi connectivity index (χ0n) is 12.8. The minimum atomic E-state index is 0.402. The normalized spacial score (nSPS) is 10.4. The highest BCUT2D eigenvalue weighted by molar-refractivity contribution is 9.10. The van der Waals surface area contributed by atoms with E-state index >= 15 is 0 Å². The number of carbonyl (C=O) groups is 1. The van der Waals surface area contributed by atoms with Crippen LogP contribution in [0.3, 0.4) is 0 Å². The first-order chi connectivity index (χ1) is 11.7. The summed E-state index contributed by atoms with van der Waals surface area (Å²) in [6.45, 7) is 0. The molecular weight excluding hydrogens is 388 g/mol. The van der Waals surface area contributed by atoms with E-state index in [1.165, 1.54) is 11.8 Å². The SMILES string of the molecule is CSc1nc(Oc2ccc(Br)cc2C=O)cc(-c2ccccc2)n1. The van der Waals surface area contributed by atoms with Crippen LogP contribution in [0.5, 0.6) is 11.6 Å². The lowest BCUT2D eigenvalue weighted by molar-refractivity contribution is 0.112. The van der Waals surface area contributed by atoms with Crippen molar-refractivity contribution in [3.8, 4) is 22.9 Å². The number of thioether (sulfide) groups is 1. The molecule has 1 aromatic heterocycles. The van der Waals surface area contributed by atoms with Gasteiger partial charge in [0.2, 0.25) is 5.88 Å². The van der Waals surface area contributed by atoms with Gasteiger partial charge in [-0.2, -0.15) is 4.98 Å². The lowest BCUT2D eigenvalue weighted by atomic mass is 10.1. The number of ether oxygens (including phenoxy) is 1. The van der Waals surface area contributed by atoms with Crippen LogP contribution in [0.25, 0.3) is 11.3 Å². The Hall–Kier alpha value is -2.18. The Morgan fingerprint density at radius 3 is 2.58 bits per heavy atom. The van der Waals surface area contributed by atoms with Gasteiger partial charge < -0.3 is 4.74 Å². The highest BCUT2D eigenvalue weighted by Gasteiger charge is 2.10. The molecule has 0 bridgehead atoms. The maximum Gasteiger partial charge on any atom is 0.223 e. The van der Waals surface area contributed by atoms with Crippen LogP contribution >= 0.6 is 27.7 Å². The van der Waals surface area contributed by atoms with Gasteiger partial charge in [0.1, 0.15) is 5.75 Å². The highest BCUT2D eigenvalue weighted by Crippen LogP contribution is 2.29. The number of nitrogens with zero attached hydrogens (tertiary/aromatic N) is 2. The molecule has 0 aliphatic carbocycles. The van der Waals surface area contributed by atoms with E-state index in [0.29, 0.717) is 22.3 Å². The molecule has 6 heteroatoms. The van der Waals surface area contributed by atoms with Gasteiger partial charge in [-0.05, 0) is 24.5 Å². The van der Waals surface area contributed by atoms with E-state index in [4.69, 9.17) is 4.74 Å². The number of aromatic nitrogens is 2. The fourth-order valence-electron chi connectivity index (χ4n) is 2.12. The second-order valence-electron chi connectivity index (χ2n) is 4.85. The molecule has 0 aliphatic rings. The summed E-state index contributed by atoms with van der Waals surface area (Å²) in [5.41, 5.74) is 2.20. The molecule has 0 spiro atoms. The van der Waals surface area contributed by atoms with Gasteiger partial charge in [0, 0.05) is 16.1 Å². The summed E-state index contributed by atoms with van der Waals surface area (Å²) < 4.78 is 6.66. The van der Waals surface area contributed by atoms with E-state index in [1.54, 1.807) is 18.2 Å².